The van der Waals surface area contributed by atoms with Gasteiger partial charge in [-0.05, 0) is 31.6 Å². The zero-order valence-corrected chi connectivity index (χ0v) is 16.1. The first-order valence-corrected chi connectivity index (χ1v) is 9.02. The molecule has 2 aliphatic rings. The molecule has 7 atom stereocenters. The third-order valence-electron chi connectivity index (χ3n) is 5.43. The molecule has 0 radical (unpaired) electrons. The molecule has 0 saturated carbocycles. The number of ether oxygens (including phenoxy) is 2. The van der Waals surface area contributed by atoms with Gasteiger partial charge >= 0.3 is 0 Å². The largest absolute Gasteiger partial charge is 0.394 e. The van der Waals surface area contributed by atoms with Crippen molar-refractivity contribution in [2.24, 2.45) is 5.41 Å². The lowest BCUT2D eigenvalue weighted by molar-refractivity contribution is -0.306. The van der Waals surface area contributed by atoms with Gasteiger partial charge in [0.25, 0.3) is 0 Å². The van der Waals surface area contributed by atoms with Gasteiger partial charge in [-0.25, -0.2) is 0 Å². The first-order valence-electron chi connectivity index (χ1n) is 9.02. The highest BCUT2D eigenvalue weighted by atomic mass is 16.7. The van der Waals surface area contributed by atoms with Crippen molar-refractivity contribution in [1.82, 2.24) is 0 Å². The minimum Gasteiger partial charge on any atom is -0.394 e. The third-order valence-corrected chi connectivity index (χ3v) is 5.43. The first-order chi connectivity index (χ1) is 12.4. The van der Waals surface area contributed by atoms with Crippen LogP contribution in [0.15, 0.2) is 23.8 Å². The molecule has 0 aromatic heterocycles. The van der Waals surface area contributed by atoms with Crippen molar-refractivity contribution in [3.8, 4) is 0 Å². The molecule has 1 unspecified atom stereocenters. The van der Waals surface area contributed by atoms with Crippen molar-refractivity contribution in [2.45, 2.75) is 76.5 Å². The molecule has 1 aliphatic carbocycles. The Balaban J connectivity index is 2.11. The third kappa shape index (κ3) is 4.32. The molecule has 27 heavy (non-hydrogen) atoms. The molecule has 0 aromatic carbocycles. The fraction of sp³-hybridized carbons (Fsp3) is 0.737. The van der Waals surface area contributed by atoms with Crippen LogP contribution < -0.4 is 0 Å². The first kappa shape index (κ1) is 22.2. The van der Waals surface area contributed by atoms with Gasteiger partial charge in [0.15, 0.2) is 12.1 Å². The van der Waals surface area contributed by atoms with E-state index in [-0.39, 0.29) is 12.2 Å². The summed E-state index contributed by atoms with van der Waals surface area (Å²) in [5.41, 5.74) is -1.52. The minimum absolute atomic E-state index is 0.0406. The Hall–Kier alpha value is -1.13. The summed E-state index contributed by atoms with van der Waals surface area (Å²) in [5.74, 6) is -0.0406. The summed E-state index contributed by atoms with van der Waals surface area (Å²) in [4.78, 5) is 11.8. The van der Waals surface area contributed by atoms with Crippen LogP contribution in [0.1, 0.15) is 34.1 Å². The van der Waals surface area contributed by atoms with Gasteiger partial charge in [-0.3, -0.25) is 4.79 Å². The van der Waals surface area contributed by atoms with Crippen molar-refractivity contribution >= 4 is 5.78 Å². The van der Waals surface area contributed by atoms with Crippen LogP contribution in [0.3, 0.4) is 0 Å². The van der Waals surface area contributed by atoms with Crippen molar-refractivity contribution in [3.05, 3.63) is 23.8 Å². The maximum atomic E-state index is 11.8. The number of ketones is 1. The summed E-state index contributed by atoms with van der Waals surface area (Å²) in [5, 5.41) is 50.0. The Bertz CT molecular complexity index is 611. The Labute approximate surface area is 158 Å². The summed E-state index contributed by atoms with van der Waals surface area (Å²) < 4.78 is 10.9. The van der Waals surface area contributed by atoms with E-state index in [2.05, 4.69) is 0 Å². The molecule has 2 rings (SSSR count). The van der Waals surface area contributed by atoms with E-state index in [4.69, 9.17) is 9.47 Å². The predicted molar refractivity (Wildman–Crippen MR) is 95.6 cm³/mol. The molecule has 0 bridgehead atoms. The second kappa shape index (κ2) is 8.08. The fourth-order valence-electron chi connectivity index (χ4n) is 3.58. The molecule has 0 amide bonds. The van der Waals surface area contributed by atoms with Crippen LogP contribution in [0.2, 0.25) is 0 Å². The molecular formula is C19H30O8. The molecule has 0 spiro atoms. The van der Waals surface area contributed by atoms with Gasteiger partial charge in [0.2, 0.25) is 0 Å². The molecule has 8 heteroatoms. The van der Waals surface area contributed by atoms with Gasteiger partial charge < -0.3 is 35.0 Å². The smallest absolute Gasteiger partial charge is 0.187 e. The standard InChI is InChI=1S/C19H30O8/c1-10-7-12(21)8-18(3,4)19(10,25)6-5-11(2)26-17-16(24)15(23)14(22)13(9-20)27-17/h5-7,11,13-17,20,22-25H,8-9H2,1-4H3/t11-,13+,14+,15-,16+,17?,19+/m0/s1. The molecule has 1 fully saturated rings. The number of aliphatic hydroxyl groups excluding tert-OH is 4. The van der Waals surface area contributed by atoms with E-state index in [1.165, 1.54) is 6.08 Å². The number of aliphatic hydroxyl groups is 5. The normalized spacial score (nSPS) is 40.9. The van der Waals surface area contributed by atoms with E-state index in [1.807, 2.05) is 0 Å². The van der Waals surface area contributed by atoms with Crippen LogP contribution in [-0.4, -0.2) is 80.3 Å². The molecule has 5 N–H and O–H groups in total. The summed E-state index contributed by atoms with van der Waals surface area (Å²) in [6.45, 7) is 6.40. The van der Waals surface area contributed by atoms with Gasteiger partial charge in [-0.1, -0.05) is 19.9 Å². The van der Waals surface area contributed by atoms with Crippen LogP contribution >= 0.6 is 0 Å². The molecule has 154 valence electrons. The van der Waals surface area contributed by atoms with Crippen molar-refractivity contribution < 1.29 is 39.8 Å². The number of rotatable bonds is 5. The Morgan fingerprint density at radius 2 is 1.93 bits per heavy atom. The zero-order valence-electron chi connectivity index (χ0n) is 16.1. The lowest BCUT2D eigenvalue weighted by atomic mass is 9.64. The van der Waals surface area contributed by atoms with Crippen molar-refractivity contribution in [1.29, 1.82) is 0 Å². The maximum Gasteiger partial charge on any atom is 0.187 e. The van der Waals surface area contributed by atoms with Crippen LogP contribution in [0, 0.1) is 5.41 Å². The number of hydrogen-bond acceptors (Lipinski definition) is 8. The van der Waals surface area contributed by atoms with E-state index in [1.54, 1.807) is 39.8 Å². The minimum atomic E-state index is -1.52. The fourth-order valence-corrected chi connectivity index (χ4v) is 3.58. The lowest BCUT2D eigenvalue weighted by Crippen LogP contribution is -2.59. The van der Waals surface area contributed by atoms with Crippen molar-refractivity contribution in [2.75, 3.05) is 6.61 Å². The summed E-state index contributed by atoms with van der Waals surface area (Å²) in [6, 6.07) is 0. The molecule has 1 heterocycles. The van der Waals surface area contributed by atoms with Crippen LogP contribution in [0.4, 0.5) is 0 Å². The second-order valence-electron chi connectivity index (χ2n) is 8.02. The Morgan fingerprint density at radius 1 is 1.30 bits per heavy atom. The van der Waals surface area contributed by atoms with Crippen LogP contribution in [-0.2, 0) is 14.3 Å². The monoisotopic (exact) mass is 386 g/mol. The second-order valence-corrected chi connectivity index (χ2v) is 8.02. The van der Waals surface area contributed by atoms with E-state index in [0.29, 0.717) is 5.57 Å². The highest BCUT2D eigenvalue weighted by Gasteiger charge is 2.47. The van der Waals surface area contributed by atoms with Gasteiger partial charge in [-0.15, -0.1) is 0 Å². The highest BCUT2D eigenvalue weighted by molar-refractivity contribution is 5.92. The average Bonchev–Trinajstić information content (AvgIpc) is 2.58. The van der Waals surface area contributed by atoms with E-state index in [0.717, 1.165) is 0 Å². The summed E-state index contributed by atoms with van der Waals surface area (Å²) in [7, 11) is 0. The predicted octanol–water partition coefficient (Wildman–Crippen LogP) is -0.576. The topological polar surface area (TPSA) is 137 Å². The Morgan fingerprint density at radius 3 is 2.48 bits per heavy atom. The molecule has 8 nitrogen and oxygen atoms in total. The van der Waals surface area contributed by atoms with Gasteiger partial charge in [0.05, 0.1) is 12.7 Å². The number of carbonyl (C=O) groups is 1. The molecule has 1 aliphatic heterocycles. The van der Waals surface area contributed by atoms with Crippen molar-refractivity contribution in [3.63, 3.8) is 0 Å². The molecular weight excluding hydrogens is 356 g/mol. The lowest BCUT2D eigenvalue weighted by Gasteiger charge is -2.44. The number of allylic oxidation sites excluding steroid dienone is 1. The SMILES string of the molecule is CC1=CC(=O)CC(C)(C)[C@@]1(O)C=C[C@H](C)OC1O[C@H](CO)[C@@H](O)[C@H](O)[C@H]1O. The highest BCUT2D eigenvalue weighted by Crippen LogP contribution is 2.44. The van der Waals surface area contributed by atoms with E-state index < -0.39 is 54.4 Å². The number of hydrogen-bond donors (Lipinski definition) is 5. The molecule has 1 saturated heterocycles. The van der Waals surface area contributed by atoms with Crippen LogP contribution in [0.25, 0.3) is 0 Å². The summed E-state index contributed by atoms with van der Waals surface area (Å²) in [6.07, 6.45) is -2.64. The number of carbonyl (C=O) groups excluding carboxylic acids is 1. The van der Waals surface area contributed by atoms with Gasteiger partial charge in [-0.2, -0.15) is 0 Å². The quantitative estimate of drug-likeness (QED) is 0.396. The van der Waals surface area contributed by atoms with Gasteiger partial charge in [0, 0.05) is 11.8 Å². The average molecular weight is 386 g/mol. The Kier molecular flexibility index (Phi) is 6.63. The van der Waals surface area contributed by atoms with Crippen LogP contribution in [0.5, 0.6) is 0 Å². The van der Waals surface area contributed by atoms with E-state index >= 15 is 0 Å². The summed E-state index contributed by atoms with van der Waals surface area (Å²) >= 11 is 0. The van der Waals surface area contributed by atoms with E-state index in [9.17, 15) is 30.3 Å². The maximum absolute atomic E-state index is 11.8. The molecule has 0 aromatic rings. The van der Waals surface area contributed by atoms with Gasteiger partial charge in [0.1, 0.15) is 30.0 Å². The zero-order chi connectivity index (χ0) is 20.6.